The van der Waals surface area contributed by atoms with Crippen molar-refractivity contribution in [2.45, 2.75) is 6.92 Å². The molecule has 1 rings (SSSR count). The van der Waals surface area contributed by atoms with Gasteiger partial charge in [-0.05, 0) is 18.5 Å². The Balaban J connectivity index is 2.94. The summed E-state index contributed by atoms with van der Waals surface area (Å²) in [6, 6.07) is 2.11. The first-order valence-corrected chi connectivity index (χ1v) is 4.23. The molecule has 64 valence electrons. The van der Waals surface area contributed by atoms with Crippen molar-refractivity contribution in [2.75, 3.05) is 19.5 Å². The normalized spacial score (nSPS) is 9.92. The molecule has 0 spiro atoms. The van der Waals surface area contributed by atoms with E-state index in [0.29, 0.717) is 5.56 Å². The molecular weight excluding hydrogens is 172 g/mol. The minimum atomic E-state index is 0.633. The highest BCUT2D eigenvalue weighted by atomic mass is 32.1. The summed E-state index contributed by atoms with van der Waals surface area (Å²) in [6.07, 6.45) is 0. The second-order valence-electron chi connectivity index (χ2n) is 2.59. The predicted molar refractivity (Wildman–Crippen MR) is 48.9 cm³/mol. The summed E-state index contributed by atoms with van der Waals surface area (Å²) in [4.78, 5) is 0. The van der Waals surface area contributed by atoms with Crippen LogP contribution in [0.15, 0.2) is 0 Å². The zero-order valence-electron chi connectivity index (χ0n) is 7.25. The van der Waals surface area contributed by atoms with Gasteiger partial charge in [0.2, 0.25) is 0 Å². The predicted octanol–water partition coefficient (Wildman–Crippen LogP) is 1.21. The van der Waals surface area contributed by atoms with Crippen LogP contribution in [0.5, 0.6) is 0 Å². The SMILES string of the molecule is Cc1nsc(NN(C)C)c1C#N. The van der Waals surface area contributed by atoms with E-state index in [-0.39, 0.29) is 0 Å². The van der Waals surface area contributed by atoms with Gasteiger partial charge in [0.25, 0.3) is 0 Å². The number of rotatable bonds is 2. The van der Waals surface area contributed by atoms with Crippen LogP contribution in [0.2, 0.25) is 0 Å². The van der Waals surface area contributed by atoms with Crippen LogP contribution in [-0.4, -0.2) is 23.5 Å². The Kier molecular flexibility index (Phi) is 2.63. The largest absolute Gasteiger partial charge is 0.308 e. The highest BCUT2D eigenvalue weighted by molar-refractivity contribution is 7.10. The van der Waals surface area contributed by atoms with Crippen LogP contribution in [-0.2, 0) is 0 Å². The topological polar surface area (TPSA) is 52.0 Å². The summed E-state index contributed by atoms with van der Waals surface area (Å²) in [6.45, 7) is 1.83. The lowest BCUT2D eigenvalue weighted by atomic mass is 10.3. The monoisotopic (exact) mass is 182 g/mol. The highest BCUT2D eigenvalue weighted by Crippen LogP contribution is 2.22. The van der Waals surface area contributed by atoms with E-state index in [1.165, 1.54) is 11.5 Å². The van der Waals surface area contributed by atoms with Crippen LogP contribution >= 0.6 is 11.5 Å². The van der Waals surface area contributed by atoms with Crippen LogP contribution in [0.1, 0.15) is 11.3 Å². The smallest absolute Gasteiger partial charge is 0.142 e. The third-order valence-corrected chi connectivity index (χ3v) is 2.14. The first kappa shape index (κ1) is 8.97. The standard InChI is InChI=1S/C7H10N4S/c1-5-6(4-8)7(12-10-5)9-11(2)3/h9H,1-3H3. The van der Waals surface area contributed by atoms with Crippen molar-refractivity contribution in [3.63, 3.8) is 0 Å². The summed E-state index contributed by atoms with van der Waals surface area (Å²) in [5, 5.41) is 11.4. The number of aryl methyl sites for hydroxylation is 1. The molecule has 0 aliphatic heterocycles. The van der Waals surface area contributed by atoms with Crippen molar-refractivity contribution in [3.05, 3.63) is 11.3 Å². The summed E-state index contributed by atoms with van der Waals surface area (Å²) >= 11 is 1.30. The van der Waals surface area contributed by atoms with Crippen molar-refractivity contribution in [1.82, 2.24) is 9.38 Å². The lowest BCUT2D eigenvalue weighted by Gasteiger charge is -2.10. The van der Waals surface area contributed by atoms with E-state index in [2.05, 4.69) is 15.9 Å². The average Bonchev–Trinajstić information content (AvgIpc) is 2.30. The number of aromatic nitrogens is 1. The van der Waals surface area contributed by atoms with Crippen molar-refractivity contribution >= 4 is 16.5 Å². The second-order valence-corrected chi connectivity index (χ2v) is 3.36. The van der Waals surface area contributed by atoms with Gasteiger partial charge < -0.3 is 5.43 Å². The zero-order valence-corrected chi connectivity index (χ0v) is 8.07. The summed E-state index contributed by atoms with van der Waals surface area (Å²) in [5.74, 6) is 0. The molecule has 5 heteroatoms. The summed E-state index contributed by atoms with van der Waals surface area (Å²) < 4.78 is 4.07. The molecule has 4 nitrogen and oxygen atoms in total. The van der Waals surface area contributed by atoms with Crippen molar-refractivity contribution in [1.29, 1.82) is 5.26 Å². The number of anilines is 1. The van der Waals surface area contributed by atoms with Gasteiger partial charge in [-0.25, -0.2) is 5.01 Å². The molecule has 1 heterocycles. The van der Waals surface area contributed by atoms with Gasteiger partial charge in [-0.15, -0.1) is 0 Å². The van der Waals surface area contributed by atoms with Crippen LogP contribution in [0.25, 0.3) is 0 Å². The molecule has 0 bridgehead atoms. The van der Waals surface area contributed by atoms with Gasteiger partial charge >= 0.3 is 0 Å². The Morgan fingerprint density at radius 2 is 2.25 bits per heavy atom. The second kappa shape index (κ2) is 3.52. The van der Waals surface area contributed by atoms with E-state index < -0.39 is 0 Å². The Bertz CT molecular complexity index is 310. The summed E-state index contributed by atoms with van der Waals surface area (Å²) in [5.41, 5.74) is 4.43. The molecule has 0 saturated carbocycles. The molecule has 1 aromatic heterocycles. The van der Waals surface area contributed by atoms with Gasteiger partial charge in [-0.2, -0.15) is 9.64 Å². The molecule has 0 aromatic carbocycles. The average molecular weight is 182 g/mol. The Morgan fingerprint density at radius 3 is 2.75 bits per heavy atom. The minimum Gasteiger partial charge on any atom is -0.308 e. The fraction of sp³-hybridized carbons (Fsp3) is 0.429. The van der Waals surface area contributed by atoms with E-state index in [0.717, 1.165) is 10.7 Å². The Labute approximate surface area is 75.6 Å². The van der Waals surface area contributed by atoms with Crippen molar-refractivity contribution < 1.29 is 0 Å². The van der Waals surface area contributed by atoms with Gasteiger partial charge in [-0.1, -0.05) is 0 Å². The Hall–Kier alpha value is -1.12. The Morgan fingerprint density at radius 1 is 1.58 bits per heavy atom. The minimum absolute atomic E-state index is 0.633. The van der Waals surface area contributed by atoms with Gasteiger partial charge in [-0.3, -0.25) is 0 Å². The quantitative estimate of drug-likeness (QED) is 0.698. The number of nitrogens with zero attached hydrogens (tertiary/aromatic N) is 3. The first-order chi connectivity index (χ1) is 5.65. The van der Waals surface area contributed by atoms with E-state index in [4.69, 9.17) is 5.26 Å². The van der Waals surface area contributed by atoms with Gasteiger partial charge in [0, 0.05) is 14.1 Å². The third kappa shape index (κ3) is 1.72. The number of hydrazine groups is 1. The molecular formula is C7H10N4S. The van der Waals surface area contributed by atoms with Crippen LogP contribution in [0, 0.1) is 18.3 Å². The van der Waals surface area contributed by atoms with Crippen molar-refractivity contribution in [3.8, 4) is 6.07 Å². The highest BCUT2D eigenvalue weighted by Gasteiger charge is 2.09. The fourth-order valence-electron chi connectivity index (χ4n) is 0.781. The van der Waals surface area contributed by atoms with E-state index >= 15 is 0 Å². The number of hydrogen-bond donors (Lipinski definition) is 1. The molecule has 0 saturated heterocycles. The summed E-state index contributed by atoms with van der Waals surface area (Å²) in [7, 11) is 3.74. The molecule has 0 amide bonds. The number of hydrogen-bond acceptors (Lipinski definition) is 5. The van der Waals surface area contributed by atoms with Gasteiger partial charge in [0.05, 0.1) is 5.69 Å². The molecule has 0 atom stereocenters. The third-order valence-electron chi connectivity index (χ3n) is 1.30. The maximum atomic E-state index is 8.76. The van der Waals surface area contributed by atoms with Crippen LogP contribution < -0.4 is 5.43 Å². The maximum Gasteiger partial charge on any atom is 0.142 e. The van der Waals surface area contributed by atoms with E-state index in [1.807, 2.05) is 21.0 Å². The molecule has 1 N–H and O–H groups in total. The lowest BCUT2D eigenvalue weighted by Crippen LogP contribution is -2.19. The zero-order chi connectivity index (χ0) is 9.14. The maximum absolute atomic E-state index is 8.76. The van der Waals surface area contributed by atoms with Crippen LogP contribution in [0.3, 0.4) is 0 Å². The molecule has 12 heavy (non-hydrogen) atoms. The van der Waals surface area contributed by atoms with E-state index in [1.54, 1.807) is 5.01 Å². The fourth-order valence-corrected chi connectivity index (χ4v) is 1.61. The molecule has 0 aliphatic rings. The van der Waals surface area contributed by atoms with Gasteiger partial charge in [0.1, 0.15) is 16.6 Å². The number of nitrogens with one attached hydrogen (secondary N) is 1. The van der Waals surface area contributed by atoms with Gasteiger partial charge in [0.15, 0.2) is 0 Å². The van der Waals surface area contributed by atoms with Crippen LogP contribution in [0.4, 0.5) is 5.00 Å². The van der Waals surface area contributed by atoms with Crippen molar-refractivity contribution in [2.24, 2.45) is 0 Å². The molecule has 0 unspecified atom stereocenters. The van der Waals surface area contributed by atoms with E-state index in [9.17, 15) is 0 Å². The molecule has 1 aromatic rings. The molecule has 0 radical (unpaired) electrons. The lowest BCUT2D eigenvalue weighted by molar-refractivity contribution is 0.497. The first-order valence-electron chi connectivity index (χ1n) is 3.45. The number of nitriles is 1. The molecule has 0 fully saturated rings. The molecule has 0 aliphatic carbocycles.